The molecule has 78 valence electrons. The van der Waals surface area contributed by atoms with Gasteiger partial charge in [0.05, 0.1) is 11.6 Å². The van der Waals surface area contributed by atoms with Crippen molar-refractivity contribution >= 4 is 15.9 Å². The molecule has 0 saturated carbocycles. The Balaban J connectivity index is 2.76. The number of nitrogens with two attached hydrogens (primary N) is 1. The molecule has 0 aliphatic rings. The Morgan fingerprint density at radius 1 is 1.57 bits per heavy atom. The molecule has 1 atom stereocenters. The number of nitrogens with one attached hydrogen (secondary N) is 1. The smallest absolute Gasteiger partial charge is 0.133 e. The first kappa shape index (κ1) is 11.5. The molecule has 1 aromatic carbocycles. The van der Waals surface area contributed by atoms with E-state index in [9.17, 15) is 0 Å². The minimum atomic E-state index is 0.273. The number of ether oxygens (including phenoxy) is 1. The molecule has 1 aromatic rings. The fourth-order valence-electron chi connectivity index (χ4n) is 1.25. The zero-order valence-electron chi connectivity index (χ0n) is 8.38. The third-order valence-corrected chi connectivity index (χ3v) is 2.66. The summed E-state index contributed by atoms with van der Waals surface area (Å²) < 4.78 is 6.12. The molecule has 3 N–H and O–H groups in total. The lowest BCUT2D eigenvalue weighted by Gasteiger charge is -2.11. The van der Waals surface area contributed by atoms with E-state index in [1.807, 2.05) is 25.1 Å². The first-order valence-electron chi connectivity index (χ1n) is 4.46. The Labute approximate surface area is 92.7 Å². The summed E-state index contributed by atoms with van der Waals surface area (Å²) in [7, 11) is 1.66. The Kier molecular flexibility index (Phi) is 4.38. The number of hydrogen-bond acceptors (Lipinski definition) is 3. The van der Waals surface area contributed by atoms with Crippen molar-refractivity contribution in [2.24, 2.45) is 5.84 Å². The van der Waals surface area contributed by atoms with Gasteiger partial charge >= 0.3 is 0 Å². The van der Waals surface area contributed by atoms with E-state index in [1.165, 1.54) is 5.56 Å². The van der Waals surface area contributed by atoms with Crippen LogP contribution >= 0.6 is 15.9 Å². The summed E-state index contributed by atoms with van der Waals surface area (Å²) in [6.07, 6.45) is 0.902. The van der Waals surface area contributed by atoms with Crippen molar-refractivity contribution in [1.29, 1.82) is 0 Å². The van der Waals surface area contributed by atoms with Crippen LogP contribution in [0.3, 0.4) is 0 Å². The van der Waals surface area contributed by atoms with Gasteiger partial charge in [0.1, 0.15) is 5.75 Å². The van der Waals surface area contributed by atoms with Gasteiger partial charge in [-0.25, -0.2) is 0 Å². The highest BCUT2D eigenvalue weighted by Crippen LogP contribution is 2.25. The number of hydrazine groups is 1. The zero-order valence-corrected chi connectivity index (χ0v) is 9.97. The van der Waals surface area contributed by atoms with Crippen LogP contribution < -0.4 is 16.0 Å². The molecule has 4 heteroatoms. The predicted octanol–water partition coefficient (Wildman–Crippen LogP) is 1.85. The largest absolute Gasteiger partial charge is 0.496 e. The molecule has 0 aliphatic heterocycles. The number of benzene rings is 1. The molecule has 0 saturated heterocycles. The van der Waals surface area contributed by atoms with Crippen LogP contribution in [0.5, 0.6) is 5.75 Å². The third kappa shape index (κ3) is 2.97. The quantitative estimate of drug-likeness (QED) is 0.640. The van der Waals surface area contributed by atoms with Crippen LogP contribution in [0.1, 0.15) is 12.5 Å². The van der Waals surface area contributed by atoms with E-state index in [0.717, 1.165) is 16.6 Å². The molecule has 0 fully saturated rings. The van der Waals surface area contributed by atoms with Crippen molar-refractivity contribution in [2.45, 2.75) is 19.4 Å². The van der Waals surface area contributed by atoms with Crippen molar-refractivity contribution in [3.05, 3.63) is 28.2 Å². The average Bonchev–Trinajstić information content (AvgIpc) is 2.18. The SMILES string of the molecule is COc1ccc(CC(C)NN)cc1Br. The second-order valence-corrected chi connectivity index (χ2v) is 4.10. The van der Waals surface area contributed by atoms with Gasteiger partial charge in [0.25, 0.3) is 0 Å². The molecule has 3 nitrogen and oxygen atoms in total. The molecule has 1 rings (SSSR count). The van der Waals surface area contributed by atoms with Gasteiger partial charge < -0.3 is 4.74 Å². The van der Waals surface area contributed by atoms with E-state index in [2.05, 4.69) is 21.4 Å². The normalized spacial score (nSPS) is 12.6. The fourth-order valence-corrected chi connectivity index (χ4v) is 1.84. The van der Waals surface area contributed by atoms with Crippen LogP contribution in [0.15, 0.2) is 22.7 Å². The van der Waals surface area contributed by atoms with Gasteiger partial charge in [-0.3, -0.25) is 11.3 Å². The Morgan fingerprint density at radius 3 is 2.79 bits per heavy atom. The first-order valence-corrected chi connectivity index (χ1v) is 5.25. The van der Waals surface area contributed by atoms with Gasteiger partial charge in [-0.1, -0.05) is 6.07 Å². The summed E-state index contributed by atoms with van der Waals surface area (Å²) in [5, 5.41) is 0. The highest BCUT2D eigenvalue weighted by atomic mass is 79.9. The van der Waals surface area contributed by atoms with Crippen molar-refractivity contribution in [3.8, 4) is 5.75 Å². The highest BCUT2D eigenvalue weighted by Gasteiger charge is 2.04. The summed E-state index contributed by atoms with van der Waals surface area (Å²) in [6, 6.07) is 6.31. The molecule has 0 aromatic heterocycles. The Morgan fingerprint density at radius 2 is 2.29 bits per heavy atom. The van der Waals surface area contributed by atoms with Crippen molar-refractivity contribution in [1.82, 2.24) is 5.43 Å². The number of halogens is 1. The van der Waals surface area contributed by atoms with Crippen LogP contribution in [0, 0.1) is 0 Å². The topological polar surface area (TPSA) is 47.3 Å². The molecular formula is C10H15BrN2O. The fraction of sp³-hybridized carbons (Fsp3) is 0.400. The number of methoxy groups -OCH3 is 1. The van der Waals surface area contributed by atoms with E-state index in [4.69, 9.17) is 10.6 Å². The molecule has 0 bridgehead atoms. The summed E-state index contributed by atoms with van der Waals surface area (Å²) in [5.41, 5.74) is 3.94. The van der Waals surface area contributed by atoms with E-state index in [-0.39, 0.29) is 6.04 Å². The van der Waals surface area contributed by atoms with Gasteiger partial charge in [-0.2, -0.15) is 0 Å². The monoisotopic (exact) mass is 258 g/mol. The summed E-state index contributed by atoms with van der Waals surface area (Å²) >= 11 is 3.44. The predicted molar refractivity (Wildman–Crippen MR) is 61.2 cm³/mol. The molecular weight excluding hydrogens is 244 g/mol. The lowest BCUT2D eigenvalue weighted by molar-refractivity contribution is 0.412. The van der Waals surface area contributed by atoms with Crippen LogP contribution in [0.4, 0.5) is 0 Å². The van der Waals surface area contributed by atoms with Crippen LogP contribution in [0.25, 0.3) is 0 Å². The van der Waals surface area contributed by atoms with E-state index < -0.39 is 0 Å². The van der Waals surface area contributed by atoms with Gasteiger partial charge in [0.2, 0.25) is 0 Å². The average molecular weight is 259 g/mol. The van der Waals surface area contributed by atoms with E-state index in [0.29, 0.717) is 0 Å². The summed E-state index contributed by atoms with van der Waals surface area (Å²) in [4.78, 5) is 0. The van der Waals surface area contributed by atoms with Gasteiger partial charge in [0.15, 0.2) is 0 Å². The molecule has 0 aliphatic carbocycles. The lowest BCUT2D eigenvalue weighted by atomic mass is 10.1. The number of hydrogen-bond donors (Lipinski definition) is 2. The second-order valence-electron chi connectivity index (χ2n) is 3.24. The van der Waals surface area contributed by atoms with Crippen molar-refractivity contribution < 1.29 is 4.74 Å². The molecule has 0 spiro atoms. The molecule has 0 amide bonds. The Bertz CT molecular complexity index is 304. The van der Waals surface area contributed by atoms with Crippen molar-refractivity contribution in [2.75, 3.05) is 7.11 Å². The van der Waals surface area contributed by atoms with Crippen molar-refractivity contribution in [3.63, 3.8) is 0 Å². The van der Waals surface area contributed by atoms with Gasteiger partial charge in [0, 0.05) is 6.04 Å². The van der Waals surface area contributed by atoms with E-state index >= 15 is 0 Å². The summed E-state index contributed by atoms with van der Waals surface area (Å²) in [5.74, 6) is 6.18. The maximum absolute atomic E-state index is 5.33. The zero-order chi connectivity index (χ0) is 10.6. The van der Waals surface area contributed by atoms with Gasteiger partial charge in [-0.15, -0.1) is 0 Å². The van der Waals surface area contributed by atoms with Crippen LogP contribution in [-0.4, -0.2) is 13.2 Å². The summed E-state index contributed by atoms with van der Waals surface area (Å²) in [6.45, 7) is 2.04. The second kappa shape index (κ2) is 5.34. The number of rotatable bonds is 4. The minimum Gasteiger partial charge on any atom is -0.496 e. The molecule has 14 heavy (non-hydrogen) atoms. The molecule has 0 radical (unpaired) electrons. The molecule has 1 unspecified atom stereocenters. The van der Waals surface area contributed by atoms with E-state index in [1.54, 1.807) is 7.11 Å². The highest BCUT2D eigenvalue weighted by molar-refractivity contribution is 9.10. The lowest BCUT2D eigenvalue weighted by Crippen LogP contribution is -2.34. The Hall–Kier alpha value is -0.580. The standard InChI is InChI=1S/C10H15BrN2O/c1-7(13-12)5-8-3-4-10(14-2)9(11)6-8/h3-4,6-7,13H,5,12H2,1-2H3. The first-order chi connectivity index (χ1) is 6.67. The maximum Gasteiger partial charge on any atom is 0.133 e. The molecule has 0 heterocycles. The van der Waals surface area contributed by atoms with Crippen LogP contribution in [-0.2, 0) is 6.42 Å². The van der Waals surface area contributed by atoms with Crippen LogP contribution in [0.2, 0.25) is 0 Å². The third-order valence-electron chi connectivity index (χ3n) is 2.04. The van der Waals surface area contributed by atoms with Gasteiger partial charge in [-0.05, 0) is 47.0 Å². The minimum absolute atomic E-state index is 0.273. The maximum atomic E-state index is 5.33.